The van der Waals surface area contributed by atoms with Crippen LogP contribution in [0.25, 0.3) is 0 Å². The second-order valence-electron chi connectivity index (χ2n) is 7.60. The van der Waals surface area contributed by atoms with Gasteiger partial charge in [-0.05, 0) is 29.7 Å². The quantitative estimate of drug-likeness (QED) is 0.454. The van der Waals surface area contributed by atoms with Gasteiger partial charge in [0.05, 0.1) is 11.8 Å². The van der Waals surface area contributed by atoms with Gasteiger partial charge in [0.15, 0.2) is 0 Å². The zero-order valence-corrected chi connectivity index (χ0v) is 15.4. The lowest BCUT2D eigenvalue weighted by molar-refractivity contribution is -0.147. The van der Waals surface area contributed by atoms with Crippen molar-refractivity contribution in [3.8, 4) is 5.75 Å². The Kier molecular flexibility index (Phi) is 3.84. The first-order valence-corrected chi connectivity index (χ1v) is 9.49. The fourth-order valence-corrected chi connectivity index (χ4v) is 5.01. The van der Waals surface area contributed by atoms with Crippen LogP contribution in [0, 0.1) is 11.8 Å². The van der Waals surface area contributed by atoms with Crippen LogP contribution in [0.4, 0.5) is 0 Å². The van der Waals surface area contributed by atoms with Gasteiger partial charge < -0.3 is 4.74 Å². The average molecular weight is 376 g/mol. The van der Waals surface area contributed by atoms with E-state index in [4.69, 9.17) is 4.74 Å². The van der Waals surface area contributed by atoms with Crippen LogP contribution in [0.3, 0.4) is 0 Å². The number of ether oxygens (including phenoxy) is 1. The summed E-state index contributed by atoms with van der Waals surface area (Å²) >= 11 is 0. The van der Waals surface area contributed by atoms with Gasteiger partial charge in [-0.1, -0.05) is 42.5 Å². The molecule has 2 aromatic rings. The van der Waals surface area contributed by atoms with Crippen molar-refractivity contribution in [2.45, 2.75) is 18.5 Å². The van der Waals surface area contributed by atoms with Crippen LogP contribution in [0.5, 0.6) is 5.75 Å². The summed E-state index contributed by atoms with van der Waals surface area (Å²) in [5.41, 5.74) is 2.21. The number of esters is 1. The van der Waals surface area contributed by atoms with Gasteiger partial charge in [-0.2, -0.15) is 0 Å². The number of carbonyl (C=O) groups excluding carboxylic acids is 3. The Morgan fingerprint density at radius 3 is 2.43 bits per heavy atom. The van der Waals surface area contributed by atoms with Gasteiger partial charge in [-0.25, -0.2) is 4.79 Å². The van der Waals surface area contributed by atoms with Crippen LogP contribution in [0.15, 0.2) is 54.6 Å². The van der Waals surface area contributed by atoms with Gasteiger partial charge in [-0.15, -0.1) is 0 Å². The molecule has 4 atom stereocenters. The van der Waals surface area contributed by atoms with E-state index in [0.29, 0.717) is 12.3 Å². The fraction of sp³-hybridized carbons (Fsp3) is 0.318. The molecule has 5 rings (SSSR count). The Hall–Kier alpha value is -2.99. The molecular weight excluding hydrogens is 356 g/mol. The van der Waals surface area contributed by atoms with Crippen molar-refractivity contribution >= 4 is 17.8 Å². The summed E-state index contributed by atoms with van der Waals surface area (Å²) in [7, 11) is 1.50. The van der Waals surface area contributed by atoms with Crippen molar-refractivity contribution in [2.75, 3.05) is 13.6 Å². The van der Waals surface area contributed by atoms with Gasteiger partial charge in [0, 0.05) is 19.6 Å². The van der Waals surface area contributed by atoms with Gasteiger partial charge >= 0.3 is 5.97 Å². The summed E-state index contributed by atoms with van der Waals surface area (Å²) in [5, 5.41) is 0. The minimum atomic E-state index is -0.759. The molecule has 0 aliphatic carbocycles. The van der Waals surface area contributed by atoms with Gasteiger partial charge in [0.2, 0.25) is 11.8 Å². The number of amides is 2. The standard InChI is InChI=1S/C22H20N2O4/c1-23-20(25)16-17(21(23)26)19(22(27)28-14-8-3-2-4-9-14)24-12-11-13-7-5-6-10-15(13)18(16)24/h2-10,16-19H,11-12H2,1H3/t16-,17+,18-,19+/m0/s1. The molecule has 0 N–H and O–H groups in total. The zero-order valence-electron chi connectivity index (χ0n) is 15.4. The minimum absolute atomic E-state index is 0.211. The van der Waals surface area contributed by atoms with E-state index in [2.05, 4.69) is 6.07 Å². The molecule has 142 valence electrons. The lowest BCUT2D eigenvalue weighted by atomic mass is 9.83. The number of para-hydroxylation sites is 1. The summed E-state index contributed by atoms with van der Waals surface area (Å²) < 4.78 is 5.60. The Labute approximate surface area is 162 Å². The highest BCUT2D eigenvalue weighted by Crippen LogP contribution is 2.52. The molecule has 28 heavy (non-hydrogen) atoms. The summed E-state index contributed by atoms with van der Waals surface area (Å²) in [4.78, 5) is 42.1. The maximum Gasteiger partial charge on any atom is 0.329 e. The molecular formula is C22H20N2O4. The van der Waals surface area contributed by atoms with E-state index in [1.807, 2.05) is 29.2 Å². The molecule has 6 nitrogen and oxygen atoms in total. The number of likely N-dealkylation sites (tertiary alicyclic amines) is 1. The molecule has 3 heterocycles. The number of benzene rings is 2. The van der Waals surface area contributed by atoms with Crippen molar-refractivity contribution in [3.05, 3.63) is 65.7 Å². The number of nitrogens with zero attached hydrogens (tertiary/aromatic N) is 2. The van der Waals surface area contributed by atoms with E-state index in [9.17, 15) is 14.4 Å². The largest absolute Gasteiger partial charge is 0.425 e. The molecule has 6 heteroatoms. The number of hydrogen-bond donors (Lipinski definition) is 0. The number of carbonyl (C=O) groups is 3. The average Bonchev–Trinajstić information content (AvgIpc) is 3.18. The molecule has 0 bridgehead atoms. The first kappa shape index (κ1) is 17.1. The molecule has 0 unspecified atom stereocenters. The van der Waals surface area contributed by atoms with Gasteiger partial charge in [0.25, 0.3) is 0 Å². The first-order chi connectivity index (χ1) is 13.6. The molecule has 3 aliphatic heterocycles. The predicted octanol–water partition coefficient (Wildman–Crippen LogP) is 1.80. The smallest absolute Gasteiger partial charge is 0.329 e. The number of rotatable bonds is 2. The molecule has 0 spiro atoms. The molecule has 0 aromatic heterocycles. The van der Waals surface area contributed by atoms with Crippen LogP contribution >= 0.6 is 0 Å². The Bertz CT molecular complexity index is 974. The van der Waals surface area contributed by atoms with Crippen LogP contribution in [0.2, 0.25) is 0 Å². The number of imide groups is 1. The second-order valence-corrected chi connectivity index (χ2v) is 7.60. The number of fused-ring (bicyclic) bond motifs is 5. The highest BCUT2D eigenvalue weighted by atomic mass is 16.5. The van der Waals surface area contributed by atoms with E-state index >= 15 is 0 Å². The van der Waals surface area contributed by atoms with Crippen LogP contribution in [-0.4, -0.2) is 47.2 Å². The third kappa shape index (κ3) is 2.34. The Balaban J connectivity index is 1.57. The monoisotopic (exact) mass is 376 g/mol. The van der Waals surface area contributed by atoms with E-state index in [0.717, 1.165) is 12.0 Å². The lowest BCUT2D eigenvalue weighted by Gasteiger charge is -2.36. The Morgan fingerprint density at radius 1 is 0.964 bits per heavy atom. The molecule has 0 radical (unpaired) electrons. The molecule has 2 fully saturated rings. The summed E-state index contributed by atoms with van der Waals surface area (Å²) in [6.07, 6.45) is 0.777. The van der Waals surface area contributed by atoms with Crippen LogP contribution in [-0.2, 0) is 20.8 Å². The maximum atomic E-state index is 13.1. The minimum Gasteiger partial charge on any atom is -0.425 e. The predicted molar refractivity (Wildman–Crippen MR) is 100 cm³/mol. The van der Waals surface area contributed by atoms with E-state index in [-0.39, 0.29) is 17.9 Å². The van der Waals surface area contributed by atoms with E-state index < -0.39 is 23.8 Å². The van der Waals surface area contributed by atoms with Gasteiger partial charge in [-0.3, -0.25) is 19.4 Å². The van der Waals surface area contributed by atoms with Gasteiger partial charge in [0.1, 0.15) is 11.8 Å². The SMILES string of the molecule is CN1C(=O)[C@@H]2[C@H](C1=O)[C@@H]1c3ccccc3CCN1[C@H]2C(=O)Oc1ccccc1. The lowest BCUT2D eigenvalue weighted by Crippen LogP contribution is -2.48. The highest BCUT2D eigenvalue weighted by Gasteiger charge is 2.64. The molecule has 3 aliphatic rings. The highest BCUT2D eigenvalue weighted by molar-refractivity contribution is 6.08. The Morgan fingerprint density at radius 2 is 1.64 bits per heavy atom. The molecule has 2 amide bonds. The van der Waals surface area contributed by atoms with Crippen molar-refractivity contribution in [1.82, 2.24) is 9.80 Å². The van der Waals surface area contributed by atoms with E-state index in [1.165, 1.54) is 17.5 Å². The van der Waals surface area contributed by atoms with Crippen molar-refractivity contribution in [1.29, 1.82) is 0 Å². The first-order valence-electron chi connectivity index (χ1n) is 9.49. The fourth-order valence-electron chi connectivity index (χ4n) is 5.01. The maximum absolute atomic E-state index is 13.1. The van der Waals surface area contributed by atoms with Crippen molar-refractivity contribution in [3.63, 3.8) is 0 Å². The number of hydrogen-bond acceptors (Lipinski definition) is 5. The third-order valence-electron chi connectivity index (χ3n) is 6.23. The molecule has 2 saturated heterocycles. The summed E-state index contributed by atoms with van der Waals surface area (Å²) in [6, 6.07) is 15.8. The molecule has 2 aromatic carbocycles. The van der Waals surface area contributed by atoms with Crippen LogP contribution in [0.1, 0.15) is 17.2 Å². The van der Waals surface area contributed by atoms with Crippen molar-refractivity contribution < 1.29 is 19.1 Å². The third-order valence-corrected chi connectivity index (χ3v) is 6.23. The van der Waals surface area contributed by atoms with E-state index in [1.54, 1.807) is 24.3 Å². The normalized spacial score (nSPS) is 28.7. The second kappa shape index (κ2) is 6.27. The molecule has 0 saturated carbocycles. The summed E-state index contributed by atoms with van der Waals surface area (Å²) in [5.74, 6) is -1.79. The van der Waals surface area contributed by atoms with Crippen LogP contribution < -0.4 is 4.74 Å². The zero-order chi connectivity index (χ0) is 19.4. The topological polar surface area (TPSA) is 66.9 Å². The summed E-state index contributed by atoms with van der Waals surface area (Å²) in [6.45, 7) is 0.619. The van der Waals surface area contributed by atoms with Crippen molar-refractivity contribution in [2.24, 2.45) is 11.8 Å².